The molecule has 17 heavy (non-hydrogen) atoms. The van der Waals surface area contributed by atoms with Crippen LogP contribution in [0, 0.1) is 13.8 Å². The first-order valence-electron chi connectivity index (χ1n) is 4.89. The average molecular weight is 256 g/mol. The van der Waals surface area contributed by atoms with Gasteiger partial charge in [-0.3, -0.25) is 9.82 Å². The summed E-state index contributed by atoms with van der Waals surface area (Å²) in [7, 11) is -3.51. The highest BCUT2D eigenvalue weighted by atomic mass is 32.2. The maximum Gasteiger partial charge on any atom is 0.239 e. The summed E-state index contributed by atoms with van der Waals surface area (Å²) in [4.78, 5) is 0. The Bertz CT molecular complexity index is 614. The van der Waals surface area contributed by atoms with Gasteiger partial charge in [-0.25, -0.2) is 8.42 Å². The number of nitrogens with one attached hydrogen (secondary N) is 2. The van der Waals surface area contributed by atoms with Crippen LogP contribution in [0.3, 0.4) is 0 Å². The lowest BCUT2D eigenvalue weighted by Gasteiger charge is -2.04. The lowest BCUT2D eigenvalue weighted by molar-refractivity contribution is 0.392. The number of aromatic nitrogens is 3. The average Bonchev–Trinajstić information content (AvgIpc) is 2.76. The monoisotopic (exact) mass is 256 g/mol. The zero-order valence-corrected chi connectivity index (χ0v) is 10.2. The maximum absolute atomic E-state index is 11.8. The standard InChI is InChI=1S/C9H12N4O3S/c1-6-4-10-11-9(6)13-17(14,15)5-8-3-7(2)16-12-8/h3-4H,5H2,1-2H3,(H2,10,11,13). The minimum atomic E-state index is -3.51. The van der Waals surface area contributed by atoms with E-state index in [0.29, 0.717) is 17.3 Å². The second-order valence-corrected chi connectivity index (χ2v) is 5.44. The van der Waals surface area contributed by atoms with Crippen molar-refractivity contribution in [1.29, 1.82) is 0 Å². The largest absolute Gasteiger partial charge is 0.361 e. The van der Waals surface area contributed by atoms with Crippen LogP contribution in [0.5, 0.6) is 0 Å². The highest BCUT2D eigenvalue weighted by Gasteiger charge is 2.16. The fourth-order valence-electron chi connectivity index (χ4n) is 1.32. The second-order valence-electron chi connectivity index (χ2n) is 3.72. The van der Waals surface area contributed by atoms with E-state index in [1.165, 1.54) is 6.20 Å². The number of sulfonamides is 1. The van der Waals surface area contributed by atoms with E-state index < -0.39 is 10.0 Å². The first-order chi connectivity index (χ1) is 7.96. The van der Waals surface area contributed by atoms with Crippen molar-refractivity contribution in [2.24, 2.45) is 0 Å². The fourth-order valence-corrected chi connectivity index (χ4v) is 2.44. The minimum absolute atomic E-state index is 0.233. The molecule has 7 nitrogen and oxygen atoms in total. The Balaban J connectivity index is 2.12. The molecule has 2 N–H and O–H groups in total. The summed E-state index contributed by atoms with van der Waals surface area (Å²) in [6.07, 6.45) is 1.54. The Morgan fingerprint density at radius 1 is 1.47 bits per heavy atom. The number of hydrogen-bond donors (Lipinski definition) is 2. The Morgan fingerprint density at radius 3 is 2.76 bits per heavy atom. The van der Waals surface area contributed by atoms with Crippen molar-refractivity contribution in [2.75, 3.05) is 4.72 Å². The van der Waals surface area contributed by atoms with E-state index in [1.807, 2.05) is 0 Å². The van der Waals surface area contributed by atoms with Crippen LogP contribution in [0.15, 0.2) is 16.8 Å². The van der Waals surface area contributed by atoms with Gasteiger partial charge >= 0.3 is 0 Å². The second kappa shape index (κ2) is 4.21. The van der Waals surface area contributed by atoms with Gasteiger partial charge in [0, 0.05) is 11.6 Å². The van der Waals surface area contributed by atoms with Crippen molar-refractivity contribution >= 4 is 15.8 Å². The van der Waals surface area contributed by atoms with Gasteiger partial charge in [-0.05, 0) is 13.8 Å². The summed E-state index contributed by atoms with van der Waals surface area (Å²) < 4.78 is 30.8. The summed E-state index contributed by atoms with van der Waals surface area (Å²) in [5.74, 6) is 0.709. The van der Waals surface area contributed by atoms with Crippen LogP contribution in [0.1, 0.15) is 17.0 Å². The lowest BCUT2D eigenvalue weighted by atomic mass is 10.4. The zero-order valence-electron chi connectivity index (χ0n) is 9.39. The van der Waals surface area contributed by atoms with E-state index in [1.54, 1.807) is 19.9 Å². The number of aryl methyl sites for hydroxylation is 2. The molecule has 2 heterocycles. The Morgan fingerprint density at radius 2 is 2.24 bits per heavy atom. The van der Waals surface area contributed by atoms with Gasteiger partial charge in [-0.1, -0.05) is 5.16 Å². The Hall–Kier alpha value is -1.83. The Labute approximate surface area is 98.3 Å². The van der Waals surface area contributed by atoms with Gasteiger partial charge < -0.3 is 4.52 Å². The highest BCUT2D eigenvalue weighted by Crippen LogP contribution is 2.13. The maximum atomic E-state index is 11.8. The van der Waals surface area contributed by atoms with E-state index in [0.717, 1.165) is 5.56 Å². The van der Waals surface area contributed by atoms with Crippen LogP contribution in [0.25, 0.3) is 0 Å². The number of aromatic amines is 1. The summed E-state index contributed by atoms with van der Waals surface area (Å²) in [6.45, 7) is 3.46. The van der Waals surface area contributed by atoms with Gasteiger partial charge in [-0.15, -0.1) is 0 Å². The SMILES string of the molecule is Cc1cc(CS(=O)(=O)Nc2[nH]ncc2C)no1. The lowest BCUT2D eigenvalue weighted by Crippen LogP contribution is -2.16. The van der Waals surface area contributed by atoms with E-state index in [4.69, 9.17) is 4.52 Å². The molecule has 0 bridgehead atoms. The van der Waals surface area contributed by atoms with Crippen LogP contribution in [-0.2, 0) is 15.8 Å². The number of hydrogen-bond acceptors (Lipinski definition) is 5. The molecular weight excluding hydrogens is 244 g/mol. The van der Waals surface area contributed by atoms with E-state index in [-0.39, 0.29) is 5.75 Å². The summed E-state index contributed by atoms with van der Waals surface area (Å²) in [6, 6.07) is 1.58. The molecule has 0 spiro atoms. The molecule has 0 fully saturated rings. The van der Waals surface area contributed by atoms with Gasteiger partial charge in [0.25, 0.3) is 0 Å². The van der Waals surface area contributed by atoms with Crippen LogP contribution in [0.4, 0.5) is 5.82 Å². The Kier molecular flexibility index (Phi) is 2.88. The predicted octanol–water partition coefficient (Wildman–Crippen LogP) is 0.956. The smallest absolute Gasteiger partial charge is 0.239 e. The van der Waals surface area contributed by atoms with Crippen molar-refractivity contribution in [3.05, 3.63) is 29.3 Å². The van der Waals surface area contributed by atoms with Crippen molar-refractivity contribution in [3.8, 4) is 0 Å². The van der Waals surface area contributed by atoms with E-state index >= 15 is 0 Å². The number of H-pyrrole nitrogens is 1. The van der Waals surface area contributed by atoms with Crippen molar-refractivity contribution < 1.29 is 12.9 Å². The van der Waals surface area contributed by atoms with Crippen LogP contribution >= 0.6 is 0 Å². The molecule has 0 aliphatic heterocycles. The first kappa shape index (κ1) is 11.6. The molecule has 0 aliphatic carbocycles. The predicted molar refractivity (Wildman–Crippen MR) is 60.8 cm³/mol. The first-order valence-corrected chi connectivity index (χ1v) is 6.54. The quantitative estimate of drug-likeness (QED) is 0.848. The van der Waals surface area contributed by atoms with Crippen LogP contribution in [-0.4, -0.2) is 23.8 Å². The normalized spacial score (nSPS) is 11.6. The van der Waals surface area contributed by atoms with E-state index in [9.17, 15) is 8.42 Å². The summed E-state index contributed by atoms with van der Waals surface area (Å²) >= 11 is 0. The van der Waals surface area contributed by atoms with Gasteiger partial charge in [0.15, 0.2) is 0 Å². The molecule has 2 aromatic heterocycles. The molecule has 2 rings (SSSR count). The molecular formula is C9H12N4O3S. The summed E-state index contributed by atoms with van der Waals surface area (Å²) in [5.41, 5.74) is 1.09. The highest BCUT2D eigenvalue weighted by molar-refractivity contribution is 7.91. The molecule has 0 unspecified atom stereocenters. The van der Waals surface area contributed by atoms with Gasteiger partial charge in [0.2, 0.25) is 10.0 Å². The molecule has 8 heteroatoms. The molecule has 92 valence electrons. The topological polar surface area (TPSA) is 101 Å². The van der Waals surface area contributed by atoms with Gasteiger partial charge in [0.1, 0.15) is 23.0 Å². The number of nitrogens with zero attached hydrogens (tertiary/aromatic N) is 2. The molecule has 2 aromatic rings. The third-order valence-electron chi connectivity index (χ3n) is 2.10. The van der Waals surface area contributed by atoms with Gasteiger partial charge in [-0.2, -0.15) is 5.10 Å². The molecule has 0 amide bonds. The van der Waals surface area contributed by atoms with Gasteiger partial charge in [0.05, 0.1) is 6.20 Å². The van der Waals surface area contributed by atoms with Crippen molar-refractivity contribution in [2.45, 2.75) is 19.6 Å². The molecule has 0 saturated heterocycles. The molecule has 0 saturated carbocycles. The van der Waals surface area contributed by atoms with Crippen LogP contribution in [0.2, 0.25) is 0 Å². The third kappa shape index (κ3) is 2.84. The van der Waals surface area contributed by atoms with E-state index in [2.05, 4.69) is 20.1 Å². The number of anilines is 1. The number of rotatable bonds is 4. The minimum Gasteiger partial charge on any atom is -0.361 e. The zero-order chi connectivity index (χ0) is 12.5. The summed E-state index contributed by atoms with van der Waals surface area (Å²) in [5, 5.41) is 9.93. The fraction of sp³-hybridized carbons (Fsp3) is 0.333. The molecule has 0 aliphatic rings. The molecule has 0 radical (unpaired) electrons. The molecule has 0 atom stereocenters. The van der Waals surface area contributed by atoms with Crippen LogP contribution < -0.4 is 4.72 Å². The third-order valence-corrected chi connectivity index (χ3v) is 3.29. The van der Waals surface area contributed by atoms with Crippen molar-refractivity contribution in [1.82, 2.24) is 15.4 Å². The van der Waals surface area contributed by atoms with Crippen molar-refractivity contribution in [3.63, 3.8) is 0 Å². The molecule has 0 aromatic carbocycles.